The molecule has 3 aliphatic heterocycles. The molecule has 4 aromatic rings. The molecule has 7 rings (SSSR count). The van der Waals surface area contributed by atoms with Crippen molar-refractivity contribution < 1.29 is 53.8 Å². The van der Waals surface area contributed by atoms with Crippen LogP contribution in [-0.4, -0.2) is 111 Å². The van der Waals surface area contributed by atoms with E-state index in [0.29, 0.717) is 22.9 Å². The molecule has 0 aliphatic carbocycles. The molecule has 16 heteroatoms. The van der Waals surface area contributed by atoms with Crippen LogP contribution in [-0.2, 0) is 30.3 Å². The molecule has 5 N–H and O–H groups in total. The molecule has 4 heterocycles. The third-order valence-corrected chi connectivity index (χ3v) is 14.4. The minimum Gasteiger partial charge on any atom is -0.507 e. The van der Waals surface area contributed by atoms with Gasteiger partial charge in [-0.15, -0.1) is 0 Å². The molecule has 4 bridgehead atoms. The Labute approximate surface area is 382 Å². The van der Waals surface area contributed by atoms with Crippen LogP contribution in [0.4, 0.5) is 10.8 Å². The Hall–Kier alpha value is -5.52. The van der Waals surface area contributed by atoms with Crippen molar-refractivity contribution in [3.63, 3.8) is 0 Å². The van der Waals surface area contributed by atoms with E-state index in [1.807, 2.05) is 18.2 Å². The number of carbonyl (C=O) groups is 3. The number of phenols is 2. The number of rotatable bonds is 5. The largest absolute Gasteiger partial charge is 0.507 e. The van der Waals surface area contributed by atoms with Gasteiger partial charge in [0, 0.05) is 93.9 Å². The van der Waals surface area contributed by atoms with Crippen molar-refractivity contribution in [1.29, 1.82) is 0 Å². The van der Waals surface area contributed by atoms with Gasteiger partial charge in [0.05, 0.1) is 45.7 Å². The van der Waals surface area contributed by atoms with Crippen LogP contribution in [0.1, 0.15) is 70.0 Å². The van der Waals surface area contributed by atoms with Crippen molar-refractivity contribution in [3.05, 3.63) is 83.2 Å². The number of aliphatic hydroxyl groups is 2. The van der Waals surface area contributed by atoms with Gasteiger partial charge in [-0.2, -0.15) is 0 Å². The third kappa shape index (κ3) is 9.19. The second-order valence-corrected chi connectivity index (χ2v) is 18.8. The Bertz CT molecular complexity index is 2550. The van der Waals surface area contributed by atoms with Gasteiger partial charge in [0.1, 0.15) is 23.3 Å². The first-order valence-corrected chi connectivity index (χ1v) is 22.8. The predicted molar refractivity (Wildman–Crippen MR) is 249 cm³/mol. The summed E-state index contributed by atoms with van der Waals surface area (Å²) < 4.78 is 24.4. The lowest BCUT2D eigenvalue weighted by molar-refractivity contribution is -0.160. The molecule has 1 aromatic heterocycles. The summed E-state index contributed by atoms with van der Waals surface area (Å²) in [6, 6.07) is 10.2. The van der Waals surface area contributed by atoms with Gasteiger partial charge < -0.3 is 49.6 Å². The molecular weight excluding hydrogens is 853 g/mol. The molecule has 9 atom stereocenters. The third-order valence-electron chi connectivity index (χ3n) is 13.2. The fourth-order valence-electron chi connectivity index (χ4n) is 9.19. The van der Waals surface area contributed by atoms with Gasteiger partial charge in [0.15, 0.2) is 10.9 Å². The summed E-state index contributed by atoms with van der Waals surface area (Å²) in [5, 5.41) is 50.6. The molecule has 1 amide bonds. The number of aliphatic hydroxyl groups excluding tert-OH is 2. The number of nitrogens with one attached hydrogen (secondary N) is 1. The van der Waals surface area contributed by atoms with Crippen LogP contribution >= 0.6 is 11.3 Å². The number of esters is 1. The smallest absolute Gasteiger partial charge is 0.312 e. The number of allylic oxidation sites excluding steroid dienone is 2. The van der Waals surface area contributed by atoms with Crippen LogP contribution in [0.3, 0.4) is 0 Å². The maximum Gasteiger partial charge on any atom is 0.312 e. The molecule has 3 aliphatic rings. The SMILES string of the molecule is COC1/C=C/OC2(C)Oc3c(C)c(O)c4c(O)c(c5sc(N6CCN(Cc7ccccc7)CC6)nc5c4c3C2=O)NC(=O)/C(C)=C\C=C\C(C)C(O)C(C)C(O)C(C)C(OC(C)=O)C1C. The number of aromatic nitrogens is 1. The number of hydrogen-bond donors (Lipinski definition) is 5. The van der Waals surface area contributed by atoms with E-state index in [0.717, 1.165) is 19.6 Å². The lowest BCUT2D eigenvalue weighted by Crippen LogP contribution is -2.46. The summed E-state index contributed by atoms with van der Waals surface area (Å²) in [7, 11) is 1.47. The Morgan fingerprint density at radius 2 is 1.65 bits per heavy atom. The number of ketones is 1. The molecule has 0 saturated carbocycles. The second kappa shape index (κ2) is 19.1. The molecule has 1 fully saturated rings. The van der Waals surface area contributed by atoms with Gasteiger partial charge in [0.25, 0.3) is 11.7 Å². The van der Waals surface area contributed by atoms with E-state index in [-0.39, 0.29) is 50.2 Å². The van der Waals surface area contributed by atoms with Crippen molar-refractivity contribution in [3.8, 4) is 17.2 Å². The van der Waals surface area contributed by atoms with Crippen LogP contribution in [0.2, 0.25) is 0 Å². The van der Waals surface area contributed by atoms with Crippen molar-refractivity contribution in [2.45, 2.75) is 92.1 Å². The highest BCUT2D eigenvalue weighted by Crippen LogP contribution is 2.55. The zero-order valence-electron chi connectivity index (χ0n) is 38.3. The van der Waals surface area contributed by atoms with E-state index in [2.05, 4.69) is 27.2 Å². The average Bonchev–Trinajstić information content (AvgIpc) is 3.84. The number of amides is 1. The fourth-order valence-corrected chi connectivity index (χ4v) is 10.3. The van der Waals surface area contributed by atoms with E-state index in [4.69, 9.17) is 23.9 Å². The molecule has 65 heavy (non-hydrogen) atoms. The van der Waals surface area contributed by atoms with Crippen LogP contribution in [0.5, 0.6) is 17.2 Å². The van der Waals surface area contributed by atoms with Crippen molar-refractivity contribution >= 4 is 60.8 Å². The Morgan fingerprint density at radius 1 is 0.954 bits per heavy atom. The van der Waals surface area contributed by atoms with Gasteiger partial charge in [-0.05, 0) is 25.5 Å². The van der Waals surface area contributed by atoms with E-state index in [1.165, 1.54) is 44.1 Å². The highest BCUT2D eigenvalue weighted by atomic mass is 32.1. The Morgan fingerprint density at radius 3 is 2.31 bits per heavy atom. The Kier molecular flexibility index (Phi) is 14.0. The number of phenolic OH excluding ortho intramolecular Hbond substituents is 2. The van der Waals surface area contributed by atoms with Crippen molar-refractivity contribution in [2.24, 2.45) is 23.7 Å². The van der Waals surface area contributed by atoms with Gasteiger partial charge in [-0.3, -0.25) is 19.3 Å². The number of ether oxygens (including phenoxy) is 4. The molecule has 15 nitrogen and oxygen atoms in total. The number of methoxy groups -OCH3 is 1. The number of fused-ring (bicyclic) bond motifs is 1. The second-order valence-electron chi connectivity index (χ2n) is 17.8. The number of Topliss-reactive ketones (excluding diaryl/α,β-unsaturated/α-hetero) is 1. The molecule has 1 saturated heterocycles. The summed E-state index contributed by atoms with van der Waals surface area (Å²) in [4.78, 5) is 50.8. The zero-order valence-corrected chi connectivity index (χ0v) is 39.1. The molecule has 0 spiro atoms. The summed E-state index contributed by atoms with van der Waals surface area (Å²) in [6.07, 6.45) is 3.97. The van der Waals surface area contributed by atoms with Gasteiger partial charge in [0.2, 0.25) is 0 Å². The number of nitrogens with zero attached hydrogens (tertiary/aromatic N) is 3. The maximum absolute atomic E-state index is 14.8. The first-order valence-electron chi connectivity index (χ1n) is 22.0. The van der Waals surface area contributed by atoms with E-state index in [9.17, 15) is 34.8 Å². The van der Waals surface area contributed by atoms with E-state index < -0.39 is 77.3 Å². The van der Waals surface area contributed by atoms with Crippen LogP contribution < -0.4 is 15.0 Å². The number of hydrogen-bond acceptors (Lipinski definition) is 15. The minimum absolute atomic E-state index is 0.0191. The normalized spacial score (nSPS) is 30.1. The van der Waals surface area contributed by atoms with Crippen LogP contribution in [0.15, 0.2) is 66.5 Å². The summed E-state index contributed by atoms with van der Waals surface area (Å²) >= 11 is 1.25. The monoisotopic (exact) mass is 912 g/mol. The Balaban J connectivity index is 1.35. The van der Waals surface area contributed by atoms with E-state index in [1.54, 1.807) is 65.8 Å². The standard InChI is InChI=1S/C49H60N4O11S/c1-25-14-13-15-26(2)47(60)50-38-42(58)35-34(37-45(38)65-48(51-37)53-21-19-52(20-22-53)24-32-16-11-10-12-17-32)36-44(30(6)41(35)57)64-49(8,46(36)59)62-23-18-33(61-9)27(3)43(63-31(7)54)29(5)40(56)28(4)39(25)55/h10-18,23,25,27-29,33,39-40,43,55-58H,19-22,24H2,1-9H3,(H,50,60)/b14-13+,23-18+,26-15-. The lowest BCUT2D eigenvalue weighted by atomic mass is 9.78. The summed E-state index contributed by atoms with van der Waals surface area (Å²) in [6.45, 7) is 16.5. The number of aromatic hydroxyl groups is 2. The zero-order chi connectivity index (χ0) is 47.1. The highest BCUT2D eigenvalue weighted by molar-refractivity contribution is 7.23. The molecule has 3 aromatic carbocycles. The fraction of sp³-hybridized carbons (Fsp3) is 0.469. The molecule has 348 valence electrons. The minimum atomic E-state index is -1.96. The van der Waals surface area contributed by atoms with Gasteiger partial charge in [-0.1, -0.05) is 87.6 Å². The predicted octanol–water partition coefficient (Wildman–Crippen LogP) is 6.98. The summed E-state index contributed by atoms with van der Waals surface area (Å²) in [5.41, 5.74) is 1.97. The number of benzene rings is 3. The average molecular weight is 913 g/mol. The van der Waals surface area contributed by atoms with Crippen molar-refractivity contribution in [2.75, 3.05) is 43.5 Å². The topological polar surface area (TPSA) is 200 Å². The molecular formula is C49H60N4O11S. The number of anilines is 2. The summed E-state index contributed by atoms with van der Waals surface area (Å²) in [5.74, 6) is -6.84. The maximum atomic E-state index is 14.8. The number of piperazine rings is 1. The van der Waals surface area contributed by atoms with Crippen LogP contribution in [0, 0.1) is 30.6 Å². The molecule has 0 radical (unpaired) electrons. The van der Waals surface area contributed by atoms with Gasteiger partial charge in [-0.25, -0.2) is 4.98 Å². The first kappa shape index (κ1) is 47.4. The lowest BCUT2D eigenvalue weighted by Gasteiger charge is -2.38. The number of thiazole rings is 1. The number of carbonyl (C=O) groups excluding carboxylic acids is 3. The van der Waals surface area contributed by atoms with E-state index >= 15 is 0 Å². The van der Waals surface area contributed by atoms with Crippen molar-refractivity contribution in [1.82, 2.24) is 9.88 Å². The van der Waals surface area contributed by atoms with Gasteiger partial charge >= 0.3 is 11.8 Å². The quantitative estimate of drug-likeness (QED) is 0.101. The highest BCUT2D eigenvalue weighted by Gasteiger charge is 2.50. The molecule has 9 unspecified atom stereocenters. The first-order chi connectivity index (χ1) is 30.9. The van der Waals surface area contributed by atoms with Crippen LogP contribution in [0.25, 0.3) is 21.0 Å².